The van der Waals surface area contributed by atoms with Gasteiger partial charge in [-0.25, -0.2) is 0 Å². The van der Waals surface area contributed by atoms with E-state index in [0.717, 1.165) is 11.1 Å². The van der Waals surface area contributed by atoms with Crippen LogP contribution in [0.15, 0.2) is 24.3 Å². The Kier molecular flexibility index (Phi) is 5.99. The minimum absolute atomic E-state index is 0.0128. The van der Waals surface area contributed by atoms with Gasteiger partial charge in [-0.3, -0.25) is 4.79 Å². The van der Waals surface area contributed by atoms with Crippen LogP contribution in [-0.2, 0) is 22.7 Å². The van der Waals surface area contributed by atoms with E-state index in [1.54, 1.807) is 7.05 Å². The SMILES string of the molecule is CCOCc1ccccc1CNC(=O)C(C)(C)NC. The van der Waals surface area contributed by atoms with Gasteiger partial charge in [-0.05, 0) is 38.9 Å². The van der Waals surface area contributed by atoms with Crippen LogP contribution >= 0.6 is 0 Å². The number of likely N-dealkylation sites (N-methyl/N-ethyl adjacent to an activating group) is 1. The van der Waals surface area contributed by atoms with Gasteiger partial charge in [0.05, 0.1) is 12.1 Å². The lowest BCUT2D eigenvalue weighted by atomic mass is 10.0. The molecular weight excluding hydrogens is 240 g/mol. The molecule has 0 aliphatic carbocycles. The van der Waals surface area contributed by atoms with Crippen LogP contribution in [0, 0.1) is 0 Å². The number of carbonyl (C=O) groups is 1. The smallest absolute Gasteiger partial charge is 0.239 e. The Labute approximate surface area is 115 Å². The van der Waals surface area contributed by atoms with Gasteiger partial charge < -0.3 is 15.4 Å². The zero-order chi connectivity index (χ0) is 14.3. The Morgan fingerprint density at radius 2 is 1.89 bits per heavy atom. The molecule has 1 aromatic rings. The Morgan fingerprint density at radius 3 is 2.47 bits per heavy atom. The maximum Gasteiger partial charge on any atom is 0.239 e. The third kappa shape index (κ3) is 4.65. The van der Waals surface area contributed by atoms with Crippen molar-refractivity contribution in [3.8, 4) is 0 Å². The number of nitrogens with one attached hydrogen (secondary N) is 2. The first-order valence-corrected chi connectivity index (χ1v) is 6.63. The molecule has 0 saturated carbocycles. The van der Waals surface area contributed by atoms with Crippen molar-refractivity contribution in [2.24, 2.45) is 0 Å². The normalized spacial score (nSPS) is 11.4. The average molecular weight is 264 g/mol. The summed E-state index contributed by atoms with van der Waals surface area (Å²) in [5, 5.41) is 5.94. The summed E-state index contributed by atoms with van der Waals surface area (Å²) in [7, 11) is 1.78. The molecule has 0 heterocycles. The first kappa shape index (κ1) is 15.7. The lowest BCUT2D eigenvalue weighted by molar-refractivity contribution is -0.126. The van der Waals surface area contributed by atoms with Gasteiger partial charge in [-0.2, -0.15) is 0 Å². The topological polar surface area (TPSA) is 50.4 Å². The van der Waals surface area contributed by atoms with Crippen LogP contribution in [0.1, 0.15) is 31.9 Å². The number of hydrogen-bond donors (Lipinski definition) is 2. The Balaban J connectivity index is 2.65. The molecule has 0 radical (unpaired) electrons. The molecule has 1 amide bonds. The van der Waals surface area contributed by atoms with E-state index in [-0.39, 0.29) is 5.91 Å². The molecule has 4 nitrogen and oxygen atoms in total. The molecule has 0 atom stereocenters. The summed E-state index contributed by atoms with van der Waals surface area (Å²) in [6.07, 6.45) is 0. The molecule has 0 bridgehead atoms. The zero-order valence-electron chi connectivity index (χ0n) is 12.2. The fourth-order valence-electron chi connectivity index (χ4n) is 1.59. The zero-order valence-corrected chi connectivity index (χ0v) is 12.2. The molecule has 0 saturated heterocycles. The number of carbonyl (C=O) groups excluding carboxylic acids is 1. The Morgan fingerprint density at radius 1 is 1.26 bits per heavy atom. The second kappa shape index (κ2) is 7.26. The second-order valence-electron chi connectivity index (χ2n) is 4.96. The van der Waals surface area contributed by atoms with E-state index >= 15 is 0 Å². The molecule has 2 N–H and O–H groups in total. The van der Waals surface area contributed by atoms with Crippen LogP contribution in [0.5, 0.6) is 0 Å². The summed E-state index contributed by atoms with van der Waals surface area (Å²) in [5.41, 5.74) is 1.65. The molecule has 0 unspecified atom stereocenters. The number of hydrogen-bond acceptors (Lipinski definition) is 3. The molecular formula is C15H24N2O2. The van der Waals surface area contributed by atoms with Gasteiger partial charge in [0.2, 0.25) is 5.91 Å². The van der Waals surface area contributed by atoms with E-state index in [1.165, 1.54) is 0 Å². The van der Waals surface area contributed by atoms with Crippen molar-refractivity contribution < 1.29 is 9.53 Å². The predicted molar refractivity (Wildman–Crippen MR) is 76.8 cm³/mol. The Hall–Kier alpha value is -1.39. The highest BCUT2D eigenvalue weighted by atomic mass is 16.5. The highest BCUT2D eigenvalue weighted by Crippen LogP contribution is 2.10. The summed E-state index contributed by atoms with van der Waals surface area (Å²) >= 11 is 0. The third-order valence-electron chi connectivity index (χ3n) is 3.21. The van der Waals surface area contributed by atoms with Gasteiger partial charge in [0, 0.05) is 13.2 Å². The van der Waals surface area contributed by atoms with Crippen molar-refractivity contribution >= 4 is 5.91 Å². The van der Waals surface area contributed by atoms with Crippen LogP contribution in [-0.4, -0.2) is 25.1 Å². The molecule has 4 heteroatoms. The highest BCUT2D eigenvalue weighted by molar-refractivity contribution is 5.85. The lowest BCUT2D eigenvalue weighted by Crippen LogP contribution is -2.50. The Bertz CT molecular complexity index is 416. The fraction of sp³-hybridized carbons (Fsp3) is 0.533. The molecule has 1 rings (SSSR count). The van der Waals surface area contributed by atoms with Crippen LogP contribution in [0.3, 0.4) is 0 Å². The second-order valence-corrected chi connectivity index (χ2v) is 4.96. The first-order valence-electron chi connectivity index (χ1n) is 6.63. The van der Waals surface area contributed by atoms with Crippen LogP contribution in [0.2, 0.25) is 0 Å². The van der Waals surface area contributed by atoms with Crippen molar-refractivity contribution in [3.63, 3.8) is 0 Å². The number of amides is 1. The van der Waals surface area contributed by atoms with E-state index in [4.69, 9.17) is 4.74 Å². The summed E-state index contributed by atoms with van der Waals surface area (Å²) in [6, 6.07) is 8.00. The van der Waals surface area contributed by atoms with Crippen molar-refractivity contribution in [2.45, 2.75) is 39.5 Å². The van der Waals surface area contributed by atoms with Crippen LogP contribution in [0.4, 0.5) is 0 Å². The van der Waals surface area contributed by atoms with Crippen molar-refractivity contribution in [2.75, 3.05) is 13.7 Å². The molecule has 0 fully saturated rings. The standard InChI is InChI=1S/C15H24N2O2/c1-5-19-11-13-9-7-6-8-12(13)10-17-14(18)15(2,3)16-4/h6-9,16H,5,10-11H2,1-4H3,(H,17,18). The summed E-state index contributed by atoms with van der Waals surface area (Å²) in [5.74, 6) is -0.0128. The number of rotatable bonds is 7. The summed E-state index contributed by atoms with van der Waals surface area (Å²) < 4.78 is 5.43. The monoisotopic (exact) mass is 264 g/mol. The molecule has 0 aliphatic rings. The molecule has 19 heavy (non-hydrogen) atoms. The van der Waals surface area contributed by atoms with E-state index < -0.39 is 5.54 Å². The number of benzene rings is 1. The summed E-state index contributed by atoms with van der Waals surface area (Å²) in [6.45, 7) is 7.47. The van der Waals surface area contributed by atoms with E-state index in [1.807, 2.05) is 45.0 Å². The summed E-state index contributed by atoms with van der Waals surface area (Å²) in [4.78, 5) is 12.0. The minimum atomic E-state index is -0.561. The third-order valence-corrected chi connectivity index (χ3v) is 3.21. The maximum absolute atomic E-state index is 12.0. The fourth-order valence-corrected chi connectivity index (χ4v) is 1.59. The van der Waals surface area contributed by atoms with Gasteiger partial charge in [-0.1, -0.05) is 24.3 Å². The van der Waals surface area contributed by atoms with Gasteiger partial charge in [-0.15, -0.1) is 0 Å². The number of ether oxygens (including phenoxy) is 1. The molecule has 0 spiro atoms. The van der Waals surface area contributed by atoms with Crippen molar-refractivity contribution in [3.05, 3.63) is 35.4 Å². The predicted octanol–water partition coefficient (Wildman–Crippen LogP) is 1.84. The molecule has 106 valence electrons. The van der Waals surface area contributed by atoms with Gasteiger partial charge in [0.1, 0.15) is 0 Å². The van der Waals surface area contributed by atoms with Crippen molar-refractivity contribution in [1.82, 2.24) is 10.6 Å². The van der Waals surface area contributed by atoms with E-state index in [9.17, 15) is 4.79 Å². The minimum Gasteiger partial charge on any atom is -0.377 e. The average Bonchev–Trinajstić information content (AvgIpc) is 2.43. The highest BCUT2D eigenvalue weighted by Gasteiger charge is 2.24. The van der Waals surface area contributed by atoms with Gasteiger partial charge in [0.25, 0.3) is 0 Å². The van der Waals surface area contributed by atoms with Crippen LogP contribution < -0.4 is 10.6 Å². The molecule has 1 aromatic carbocycles. The van der Waals surface area contributed by atoms with E-state index in [2.05, 4.69) is 10.6 Å². The largest absolute Gasteiger partial charge is 0.377 e. The van der Waals surface area contributed by atoms with Gasteiger partial charge >= 0.3 is 0 Å². The molecule has 0 aliphatic heterocycles. The lowest BCUT2D eigenvalue weighted by Gasteiger charge is -2.23. The van der Waals surface area contributed by atoms with E-state index in [0.29, 0.717) is 19.8 Å². The van der Waals surface area contributed by atoms with Gasteiger partial charge in [0.15, 0.2) is 0 Å². The van der Waals surface area contributed by atoms with Crippen LogP contribution in [0.25, 0.3) is 0 Å². The molecule has 0 aromatic heterocycles. The first-order chi connectivity index (χ1) is 9.01. The quantitative estimate of drug-likeness (QED) is 0.790. The van der Waals surface area contributed by atoms with Crippen molar-refractivity contribution in [1.29, 1.82) is 0 Å². The maximum atomic E-state index is 12.0.